The van der Waals surface area contributed by atoms with E-state index in [1.54, 1.807) is 59.7 Å². The van der Waals surface area contributed by atoms with Crippen molar-refractivity contribution in [1.29, 1.82) is 0 Å². The molecular weight excluding hydrogens is 518 g/mol. The number of amides is 3. The molecule has 0 aromatic heterocycles. The first kappa shape index (κ1) is 28.1. The van der Waals surface area contributed by atoms with Gasteiger partial charge < -0.3 is 19.5 Å². The number of hydrazine groups is 1. The van der Waals surface area contributed by atoms with Gasteiger partial charge >= 0.3 is 12.2 Å². The van der Waals surface area contributed by atoms with Crippen LogP contribution in [0.15, 0.2) is 65.6 Å². The van der Waals surface area contributed by atoms with E-state index in [4.69, 9.17) is 14.2 Å². The van der Waals surface area contributed by atoms with Gasteiger partial charge in [0.05, 0.1) is 7.11 Å². The summed E-state index contributed by atoms with van der Waals surface area (Å²) in [4.78, 5) is 39.7. The van der Waals surface area contributed by atoms with E-state index in [0.29, 0.717) is 21.9 Å². The average molecular weight is 552 g/mol. The van der Waals surface area contributed by atoms with Gasteiger partial charge in [-0.3, -0.25) is 4.79 Å². The summed E-state index contributed by atoms with van der Waals surface area (Å²) in [6, 6.07) is 18.6. The first-order valence-corrected chi connectivity index (χ1v) is 13.2. The van der Waals surface area contributed by atoms with Crippen LogP contribution in [0.3, 0.4) is 0 Å². The number of methoxy groups -OCH3 is 1. The molecule has 1 aliphatic heterocycles. The van der Waals surface area contributed by atoms with Gasteiger partial charge in [-0.25, -0.2) is 15.0 Å². The molecule has 206 valence electrons. The number of thioether (sulfide) groups is 1. The van der Waals surface area contributed by atoms with Gasteiger partial charge in [-0.05, 0) is 82.6 Å². The van der Waals surface area contributed by atoms with Crippen LogP contribution in [-0.4, -0.2) is 41.4 Å². The van der Waals surface area contributed by atoms with Crippen molar-refractivity contribution in [3.63, 3.8) is 0 Å². The fraction of sp³-hybridized carbons (Fsp3) is 0.345. The van der Waals surface area contributed by atoms with E-state index in [1.165, 1.54) is 7.11 Å². The largest absolute Gasteiger partial charge is 0.497 e. The zero-order valence-corrected chi connectivity index (χ0v) is 23.9. The summed E-state index contributed by atoms with van der Waals surface area (Å²) < 4.78 is 16.6. The van der Waals surface area contributed by atoms with Crippen LogP contribution in [0.5, 0.6) is 5.75 Å². The maximum absolute atomic E-state index is 14.0. The number of carbonyl (C=O) groups is 3. The smallest absolute Gasteiger partial charge is 0.431 e. The highest BCUT2D eigenvalue weighted by molar-refractivity contribution is 8.01. The number of hydrogen-bond donors (Lipinski definition) is 2. The summed E-state index contributed by atoms with van der Waals surface area (Å²) in [7, 11) is 1.51. The van der Waals surface area contributed by atoms with Crippen molar-refractivity contribution >= 4 is 46.3 Å². The van der Waals surface area contributed by atoms with Crippen LogP contribution in [0.2, 0.25) is 0 Å². The van der Waals surface area contributed by atoms with Gasteiger partial charge in [0, 0.05) is 16.1 Å². The molecule has 0 radical (unpaired) electrons. The van der Waals surface area contributed by atoms with Gasteiger partial charge in [-0.2, -0.15) is 5.01 Å². The molecular formula is C29H33N3O6S. The summed E-state index contributed by atoms with van der Waals surface area (Å²) in [5.74, 6) is -0.0824. The third-order valence-corrected chi connectivity index (χ3v) is 7.00. The fourth-order valence-electron chi connectivity index (χ4n) is 4.09. The predicted octanol–water partition coefficient (Wildman–Crippen LogP) is 6.42. The maximum Gasteiger partial charge on any atom is 0.431 e. The SMILES string of the molecule is COc1ccc2c(c1)[C@](Sc1ccc3ccccc3c1)(N(NC(=O)OC(C)(C)C)C(=O)OC(C)(C)C)C(=O)N2. The molecule has 10 heteroatoms. The molecule has 0 saturated heterocycles. The van der Waals surface area contributed by atoms with Crippen LogP contribution < -0.4 is 15.5 Å². The average Bonchev–Trinajstić information content (AvgIpc) is 3.11. The minimum atomic E-state index is -1.81. The lowest BCUT2D eigenvalue weighted by Crippen LogP contribution is -2.60. The van der Waals surface area contributed by atoms with Crippen molar-refractivity contribution in [2.75, 3.05) is 12.4 Å². The zero-order valence-electron chi connectivity index (χ0n) is 23.1. The number of hydrogen-bond acceptors (Lipinski definition) is 7. The monoisotopic (exact) mass is 551 g/mol. The van der Waals surface area contributed by atoms with E-state index in [0.717, 1.165) is 27.5 Å². The van der Waals surface area contributed by atoms with E-state index in [1.807, 2.05) is 42.5 Å². The van der Waals surface area contributed by atoms with Gasteiger partial charge in [0.25, 0.3) is 5.91 Å². The second-order valence-corrected chi connectivity index (χ2v) is 12.3. The highest BCUT2D eigenvalue weighted by atomic mass is 32.2. The number of fused-ring (bicyclic) bond motifs is 2. The molecule has 1 atom stereocenters. The molecule has 3 amide bonds. The summed E-state index contributed by atoms with van der Waals surface area (Å²) in [6.07, 6.45) is -1.86. The molecule has 3 aromatic carbocycles. The van der Waals surface area contributed by atoms with Gasteiger partial charge in [0.2, 0.25) is 4.87 Å². The second-order valence-electron chi connectivity index (χ2n) is 11.1. The number of ether oxygens (including phenoxy) is 3. The normalized spacial score (nSPS) is 16.7. The topological polar surface area (TPSA) is 106 Å². The summed E-state index contributed by atoms with van der Waals surface area (Å²) in [6.45, 7) is 10.2. The Morgan fingerprint density at radius 2 is 1.56 bits per heavy atom. The van der Waals surface area contributed by atoms with Crippen LogP contribution in [0.4, 0.5) is 15.3 Å². The summed E-state index contributed by atoms with van der Waals surface area (Å²) in [5.41, 5.74) is 1.61. The van der Waals surface area contributed by atoms with E-state index in [9.17, 15) is 14.4 Å². The van der Waals surface area contributed by atoms with Crippen LogP contribution in [0, 0.1) is 0 Å². The molecule has 4 rings (SSSR count). The molecule has 1 aliphatic rings. The molecule has 0 bridgehead atoms. The minimum Gasteiger partial charge on any atom is -0.497 e. The highest BCUT2D eigenvalue weighted by Gasteiger charge is 2.57. The minimum absolute atomic E-state index is 0.409. The molecule has 0 spiro atoms. The first-order chi connectivity index (χ1) is 18.2. The number of anilines is 1. The molecule has 3 aromatic rings. The van der Waals surface area contributed by atoms with Crippen molar-refractivity contribution in [2.24, 2.45) is 0 Å². The second kappa shape index (κ2) is 10.3. The molecule has 0 saturated carbocycles. The van der Waals surface area contributed by atoms with Crippen LogP contribution in [0.25, 0.3) is 10.8 Å². The summed E-state index contributed by atoms with van der Waals surface area (Å²) >= 11 is 1.09. The number of benzene rings is 3. The van der Waals surface area contributed by atoms with Gasteiger partial charge in [-0.15, -0.1) is 0 Å². The fourth-order valence-corrected chi connectivity index (χ4v) is 5.39. The third-order valence-electron chi connectivity index (χ3n) is 5.63. The molecule has 0 aliphatic carbocycles. The lowest BCUT2D eigenvalue weighted by atomic mass is 10.1. The molecule has 1 heterocycles. The number of carbonyl (C=O) groups excluding carboxylic acids is 3. The Bertz CT molecular complexity index is 1430. The number of rotatable bonds is 4. The lowest BCUT2D eigenvalue weighted by molar-refractivity contribution is -0.123. The van der Waals surface area contributed by atoms with Crippen molar-refractivity contribution in [2.45, 2.75) is 62.5 Å². The Morgan fingerprint density at radius 1 is 0.897 bits per heavy atom. The third kappa shape index (κ3) is 6.06. The Kier molecular flexibility index (Phi) is 7.44. The molecule has 39 heavy (non-hydrogen) atoms. The van der Waals surface area contributed by atoms with Gasteiger partial charge in [0.1, 0.15) is 17.0 Å². The maximum atomic E-state index is 14.0. The summed E-state index contributed by atoms with van der Waals surface area (Å²) in [5, 5.41) is 5.74. The molecule has 9 nitrogen and oxygen atoms in total. The van der Waals surface area contributed by atoms with Crippen molar-refractivity contribution in [1.82, 2.24) is 10.4 Å². The first-order valence-electron chi connectivity index (χ1n) is 12.4. The van der Waals surface area contributed by atoms with Gasteiger partial charge in [-0.1, -0.05) is 42.1 Å². The van der Waals surface area contributed by atoms with Crippen molar-refractivity contribution < 1.29 is 28.6 Å². The zero-order chi connectivity index (χ0) is 28.6. The molecule has 0 fully saturated rings. The van der Waals surface area contributed by atoms with E-state index >= 15 is 0 Å². The van der Waals surface area contributed by atoms with E-state index in [-0.39, 0.29) is 0 Å². The Balaban J connectivity index is 1.92. The van der Waals surface area contributed by atoms with Crippen LogP contribution >= 0.6 is 11.8 Å². The Labute approximate surface area is 232 Å². The highest BCUT2D eigenvalue weighted by Crippen LogP contribution is 2.52. The predicted molar refractivity (Wildman–Crippen MR) is 151 cm³/mol. The van der Waals surface area contributed by atoms with Crippen molar-refractivity contribution in [3.05, 3.63) is 66.2 Å². The lowest BCUT2D eigenvalue weighted by Gasteiger charge is -2.39. The van der Waals surface area contributed by atoms with Crippen LogP contribution in [0.1, 0.15) is 47.1 Å². The standard InChI is InChI=1S/C29H33N3O6S/c1-27(2,3)37-25(34)31-32(26(35)38-28(4,5)6)29(22-17-20(36-7)13-15-23(22)30-24(29)33)39-21-14-12-18-10-8-9-11-19(18)16-21/h8-17H,1-7H3,(H,30,33)(H,31,34)/t29-/m1/s1. The number of nitrogens with zero attached hydrogens (tertiary/aromatic N) is 1. The van der Waals surface area contributed by atoms with Gasteiger partial charge in [0.15, 0.2) is 0 Å². The Hall–Kier alpha value is -3.92. The quantitative estimate of drug-likeness (QED) is 0.285. The van der Waals surface area contributed by atoms with Crippen LogP contribution in [-0.2, 0) is 19.1 Å². The van der Waals surface area contributed by atoms with E-state index in [2.05, 4.69) is 10.7 Å². The van der Waals surface area contributed by atoms with E-state index < -0.39 is 34.2 Å². The van der Waals surface area contributed by atoms with Crippen molar-refractivity contribution in [3.8, 4) is 5.75 Å². The Morgan fingerprint density at radius 3 is 2.21 bits per heavy atom. The number of nitrogens with one attached hydrogen (secondary N) is 2. The molecule has 2 N–H and O–H groups in total. The molecule has 0 unspecified atom stereocenters.